The molecule has 27 heavy (non-hydrogen) atoms. The summed E-state index contributed by atoms with van der Waals surface area (Å²) in [6.07, 6.45) is 2.67. The molecule has 3 N–H and O–H groups in total. The summed E-state index contributed by atoms with van der Waals surface area (Å²) in [5, 5.41) is 16.2. The molecule has 0 aliphatic heterocycles. The minimum atomic E-state index is -0.230. The van der Waals surface area contributed by atoms with Crippen LogP contribution in [0.2, 0.25) is 0 Å². The number of nitriles is 1. The fourth-order valence-corrected chi connectivity index (χ4v) is 2.78. The molecule has 0 bridgehead atoms. The Balaban J connectivity index is 0.00000261. The first-order chi connectivity index (χ1) is 12.7. The molecule has 0 radical (unpaired) electrons. The van der Waals surface area contributed by atoms with E-state index in [4.69, 9.17) is 5.26 Å². The number of benzene rings is 2. The molecule has 140 valence electrons. The van der Waals surface area contributed by atoms with Crippen molar-refractivity contribution in [1.29, 1.82) is 5.26 Å². The van der Waals surface area contributed by atoms with Gasteiger partial charge < -0.3 is 15.6 Å². The van der Waals surface area contributed by atoms with Crippen LogP contribution in [-0.2, 0) is 13.0 Å². The lowest BCUT2D eigenvalue weighted by atomic mass is 10.1. The third kappa shape index (κ3) is 5.44. The molecule has 0 amide bonds. The van der Waals surface area contributed by atoms with E-state index < -0.39 is 0 Å². The first kappa shape index (κ1) is 20.7. The van der Waals surface area contributed by atoms with Gasteiger partial charge in [0, 0.05) is 37.2 Å². The van der Waals surface area contributed by atoms with E-state index in [1.165, 1.54) is 6.07 Å². The van der Waals surface area contributed by atoms with Gasteiger partial charge in [-0.2, -0.15) is 5.26 Å². The topological polar surface area (TPSA) is 76.0 Å². The Hall–Kier alpha value is -2.60. The van der Waals surface area contributed by atoms with Gasteiger partial charge in [-0.3, -0.25) is 4.99 Å². The largest absolute Gasteiger partial charge is 0.361 e. The summed E-state index contributed by atoms with van der Waals surface area (Å²) in [6, 6.07) is 14.3. The fourth-order valence-electron chi connectivity index (χ4n) is 2.78. The van der Waals surface area contributed by atoms with Crippen molar-refractivity contribution in [3.05, 3.63) is 71.2 Å². The van der Waals surface area contributed by atoms with Crippen LogP contribution < -0.4 is 10.6 Å². The SMILES string of the molecule is CN=C(NCCc1c[nH]c2ccc(F)cc12)NCc1ccc(C#N)cc1.I. The second-order valence-corrected chi connectivity index (χ2v) is 5.92. The number of hydrogen-bond acceptors (Lipinski definition) is 2. The van der Waals surface area contributed by atoms with E-state index in [9.17, 15) is 4.39 Å². The summed E-state index contributed by atoms with van der Waals surface area (Å²) in [4.78, 5) is 7.37. The van der Waals surface area contributed by atoms with E-state index in [1.807, 2.05) is 18.3 Å². The Morgan fingerprint density at radius 3 is 2.67 bits per heavy atom. The predicted octanol–water partition coefficient (Wildman–Crippen LogP) is 3.70. The van der Waals surface area contributed by atoms with Crippen LogP contribution >= 0.6 is 24.0 Å². The second kappa shape index (κ2) is 9.92. The van der Waals surface area contributed by atoms with Crippen molar-refractivity contribution < 1.29 is 4.39 Å². The molecule has 0 atom stereocenters. The summed E-state index contributed by atoms with van der Waals surface area (Å²) in [6.45, 7) is 1.29. The van der Waals surface area contributed by atoms with E-state index in [2.05, 4.69) is 26.7 Å². The van der Waals surface area contributed by atoms with Gasteiger partial charge in [0.05, 0.1) is 11.6 Å². The van der Waals surface area contributed by atoms with Gasteiger partial charge in [0.2, 0.25) is 0 Å². The van der Waals surface area contributed by atoms with Crippen molar-refractivity contribution in [3.63, 3.8) is 0 Å². The lowest BCUT2D eigenvalue weighted by Gasteiger charge is -2.12. The molecule has 3 aromatic rings. The zero-order chi connectivity index (χ0) is 18.4. The maximum absolute atomic E-state index is 13.4. The number of aliphatic imine (C=N–C) groups is 1. The maximum atomic E-state index is 13.4. The Bertz CT molecular complexity index is 957. The molecule has 5 nitrogen and oxygen atoms in total. The predicted molar refractivity (Wildman–Crippen MR) is 117 cm³/mol. The van der Waals surface area contributed by atoms with Gasteiger partial charge in [-0.1, -0.05) is 12.1 Å². The number of guanidine groups is 1. The summed E-state index contributed by atoms with van der Waals surface area (Å²) >= 11 is 0. The van der Waals surface area contributed by atoms with E-state index in [-0.39, 0.29) is 29.8 Å². The van der Waals surface area contributed by atoms with Gasteiger partial charge in [-0.25, -0.2) is 4.39 Å². The van der Waals surface area contributed by atoms with Crippen LogP contribution in [0.5, 0.6) is 0 Å². The van der Waals surface area contributed by atoms with Crippen LogP contribution in [-0.4, -0.2) is 24.5 Å². The number of rotatable bonds is 5. The van der Waals surface area contributed by atoms with E-state index in [0.29, 0.717) is 24.6 Å². The highest BCUT2D eigenvalue weighted by Crippen LogP contribution is 2.19. The molecule has 3 rings (SSSR count). The fraction of sp³-hybridized carbons (Fsp3) is 0.200. The van der Waals surface area contributed by atoms with Crippen molar-refractivity contribution >= 4 is 40.8 Å². The van der Waals surface area contributed by atoms with Crippen LogP contribution in [0.25, 0.3) is 10.9 Å². The van der Waals surface area contributed by atoms with Gasteiger partial charge >= 0.3 is 0 Å². The average Bonchev–Trinajstić information content (AvgIpc) is 3.07. The van der Waals surface area contributed by atoms with Gasteiger partial charge in [0.25, 0.3) is 0 Å². The van der Waals surface area contributed by atoms with E-state index in [0.717, 1.165) is 28.5 Å². The molecular weight excluding hydrogens is 456 g/mol. The monoisotopic (exact) mass is 477 g/mol. The molecule has 0 aliphatic carbocycles. The minimum Gasteiger partial charge on any atom is -0.361 e. The van der Waals surface area contributed by atoms with Crippen LogP contribution in [0.1, 0.15) is 16.7 Å². The molecule has 0 unspecified atom stereocenters. The Kier molecular flexibility index (Phi) is 7.61. The highest BCUT2D eigenvalue weighted by atomic mass is 127. The van der Waals surface area contributed by atoms with Crippen molar-refractivity contribution in [1.82, 2.24) is 15.6 Å². The Morgan fingerprint density at radius 1 is 1.19 bits per heavy atom. The third-order valence-corrected chi connectivity index (χ3v) is 4.18. The molecule has 2 aromatic carbocycles. The number of hydrogen-bond donors (Lipinski definition) is 3. The summed E-state index contributed by atoms with van der Waals surface area (Å²) in [5.74, 6) is 0.464. The van der Waals surface area contributed by atoms with E-state index in [1.54, 1.807) is 31.3 Å². The Labute approximate surface area is 174 Å². The van der Waals surface area contributed by atoms with Crippen molar-refractivity contribution in [2.24, 2.45) is 4.99 Å². The van der Waals surface area contributed by atoms with Gasteiger partial charge in [-0.15, -0.1) is 24.0 Å². The quantitative estimate of drug-likeness (QED) is 0.298. The maximum Gasteiger partial charge on any atom is 0.191 e. The molecule has 0 saturated carbocycles. The van der Waals surface area contributed by atoms with Crippen LogP contribution in [0.15, 0.2) is 53.7 Å². The first-order valence-electron chi connectivity index (χ1n) is 8.38. The van der Waals surface area contributed by atoms with Crippen molar-refractivity contribution in [2.75, 3.05) is 13.6 Å². The molecule has 1 aromatic heterocycles. The number of nitrogens with zero attached hydrogens (tertiary/aromatic N) is 2. The standard InChI is InChI=1S/C20H20FN5.HI/c1-23-20(26-12-15-4-2-14(11-22)3-5-15)24-9-8-16-13-25-19-7-6-17(21)10-18(16)19;/h2-7,10,13,25H,8-9,12H2,1H3,(H2,23,24,26);1H. The van der Waals surface area contributed by atoms with E-state index >= 15 is 0 Å². The lowest BCUT2D eigenvalue weighted by molar-refractivity contribution is 0.629. The number of aromatic amines is 1. The first-order valence-corrected chi connectivity index (χ1v) is 8.38. The van der Waals surface area contributed by atoms with Crippen LogP contribution in [0.3, 0.4) is 0 Å². The molecule has 0 aliphatic rings. The zero-order valence-electron chi connectivity index (χ0n) is 14.9. The number of nitrogens with one attached hydrogen (secondary N) is 3. The highest BCUT2D eigenvalue weighted by Gasteiger charge is 2.05. The molecule has 0 spiro atoms. The normalized spacial score (nSPS) is 10.9. The Morgan fingerprint density at radius 2 is 1.96 bits per heavy atom. The van der Waals surface area contributed by atoms with Crippen molar-refractivity contribution in [2.45, 2.75) is 13.0 Å². The van der Waals surface area contributed by atoms with Crippen LogP contribution in [0, 0.1) is 17.1 Å². The zero-order valence-corrected chi connectivity index (χ0v) is 17.3. The number of fused-ring (bicyclic) bond motifs is 1. The average molecular weight is 477 g/mol. The third-order valence-electron chi connectivity index (χ3n) is 4.18. The van der Waals surface area contributed by atoms with Crippen LogP contribution in [0.4, 0.5) is 4.39 Å². The van der Waals surface area contributed by atoms with Gasteiger partial charge in [0.15, 0.2) is 5.96 Å². The number of H-pyrrole nitrogens is 1. The smallest absolute Gasteiger partial charge is 0.191 e. The van der Waals surface area contributed by atoms with Gasteiger partial charge in [0.1, 0.15) is 5.82 Å². The summed E-state index contributed by atoms with van der Waals surface area (Å²) in [7, 11) is 1.72. The number of halogens is 2. The summed E-state index contributed by atoms with van der Waals surface area (Å²) < 4.78 is 13.4. The minimum absolute atomic E-state index is 0. The molecule has 1 heterocycles. The lowest BCUT2D eigenvalue weighted by Crippen LogP contribution is -2.37. The second-order valence-electron chi connectivity index (χ2n) is 5.92. The van der Waals surface area contributed by atoms with Gasteiger partial charge in [-0.05, 0) is 47.9 Å². The molecule has 7 heteroatoms. The molecule has 0 saturated heterocycles. The molecule has 0 fully saturated rings. The highest BCUT2D eigenvalue weighted by molar-refractivity contribution is 14.0. The number of aromatic nitrogens is 1. The molecular formula is C20H21FIN5. The summed E-state index contributed by atoms with van der Waals surface area (Å²) in [5.41, 5.74) is 3.71. The van der Waals surface area contributed by atoms with Crippen molar-refractivity contribution in [3.8, 4) is 6.07 Å².